The fourth-order valence-electron chi connectivity index (χ4n) is 1.64. The van der Waals surface area contributed by atoms with E-state index in [-0.39, 0.29) is 5.91 Å². The summed E-state index contributed by atoms with van der Waals surface area (Å²) in [5, 5.41) is 6.91. The predicted molar refractivity (Wildman–Crippen MR) is 67.1 cm³/mol. The Bertz CT molecular complexity index is 558. The van der Waals surface area contributed by atoms with Gasteiger partial charge in [-0.25, -0.2) is 0 Å². The van der Waals surface area contributed by atoms with Crippen LogP contribution in [0.1, 0.15) is 21.6 Å². The maximum atomic E-state index is 12.0. The Kier molecular flexibility index (Phi) is 2.95. The standard InChI is InChI=1S/C13H15N3O/c1-9-5-4-6-11(7-9)15-13(17)12-8-14-16(3)10(12)2/h4-8H,1-3H3,(H,15,17). The molecule has 4 heteroatoms. The van der Waals surface area contributed by atoms with Crippen LogP contribution in [0.15, 0.2) is 30.5 Å². The van der Waals surface area contributed by atoms with Crippen molar-refractivity contribution in [3.05, 3.63) is 47.3 Å². The fraction of sp³-hybridized carbons (Fsp3) is 0.231. The van der Waals surface area contributed by atoms with Gasteiger partial charge in [-0.2, -0.15) is 5.10 Å². The maximum Gasteiger partial charge on any atom is 0.259 e. The largest absolute Gasteiger partial charge is 0.322 e. The van der Waals surface area contributed by atoms with Crippen molar-refractivity contribution in [3.8, 4) is 0 Å². The van der Waals surface area contributed by atoms with E-state index in [2.05, 4.69) is 10.4 Å². The van der Waals surface area contributed by atoms with Crippen molar-refractivity contribution in [1.82, 2.24) is 9.78 Å². The molecule has 2 aromatic rings. The monoisotopic (exact) mass is 229 g/mol. The minimum atomic E-state index is -0.124. The zero-order valence-corrected chi connectivity index (χ0v) is 10.2. The molecule has 0 atom stereocenters. The van der Waals surface area contributed by atoms with Gasteiger partial charge in [0.05, 0.1) is 11.8 Å². The minimum absolute atomic E-state index is 0.124. The number of aryl methyl sites for hydroxylation is 2. The zero-order valence-electron chi connectivity index (χ0n) is 10.2. The molecule has 1 aromatic heterocycles. The van der Waals surface area contributed by atoms with Crippen molar-refractivity contribution >= 4 is 11.6 Å². The third-order valence-electron chi connectivity index (χ3n) is 2.76. The molecule has 0 fully saturated rings. The average molecular weight is 229 g/mol. The lowest BCUT2D eigenvalue weighted by Gasteiger charge is -2.05. The summed E-state index contributed by atoms with van der Waals surface area (Å²) in [6.45, 7) is 3.86. The third-order valence-corrected chi connectivity index (χ3v) is 2.76. The van der Waals surface area contributed by atoms with Gasteiger partial charge in [0.25, 0.3) is 5.91 Å². The lowest BCUT2D eigenvalue weighted by molar-refractivity contribution is 0.102. The van der Waals surface area contributed by atoms with Crippen LogP contribution in [0.25, 0.3) is 0 Å². The highest BCUT2D eigenvalue weighted by Crippen LogP contribution is 2.13. The molecule has 88 valence electrons. The van der Waals surface area contributed by atoms with Gasteiger partial charge in [-0.05, 0) is 31.5 Å². The number of anilines is 1. The molecule has 4 nitrogen and oxygen atoms in total. The number of rotatable bonds is 2. The number of hydrogen-bond donors (Lipinski definition) is 1. The molecule has 1 aromatic carbocycles. The second-order valence-corrected chi connectivity index (χ2v) is 4.09. The topological polar surface area (TPSA) is 46.9 Å². The van der Waals surface area contributed by atoms with Gasteiger partial charge >= 0.3 is 0 Å². The van der Waals surface area contributed by atoms with Gasteiger partial charge in [0.15, 0.2) is 0 Å². The number of aromatic nitrogens is 2. The molecule has 0 aliphatic heterocycles. The maximum absolute atomic E-state index is 12.0. The van der Waals surface area contributed by atoms with E-state index in [1.165, 1.54) is 0 Å². The number of carbonyl (C=O) groups excluding carboxylic acids is 1. The van der Waals surface area contributed by atoms with Crippen molar-refractivity contribution < 1.29 is 4.79 Å². The molecular weight excluding hydrogens is 214 g/mol. The van der Waals surface area contributed by atoms with Gasteiger partial charge < -0.3 is 5.32 Å². The third kappa shape index (κ3) is 2.36. The van der Waals surface area contributed by atoms with Crippen LogP contribution in [0.3, 0.4) is 0 Å². The summed E-state index contributed by atoms with van der Waals surface area (Å²) >= 11 is 0. The first-order chi connectivity index (χ1) is 8.08. The number of hydrogen-bond acceptors (Lipinski definition) is 2. The molecule has 1 N–H and O–H groups in total. The van der Waals surface area contributed by atoms with E-state index in [4.69, 9.17) is 0 Å². The van der Waals surface area contributed by atoms with E-state index in [0.717, 1.165) is 16.9 Å². The van der Waals surface area contributed by atoms with Crippen LogP contribution in [-0.4, -0.2) is 15.7 Å². The highest BCUT2D eigenvalue weighted by atomic mass is 16.1. The molecule has 1 amide bonds. The molecule has 0 saturated heterocycles. The van der Waals surface area contributed by atoms with E-state index >= 15 is 0 Å². The summed E-state index contributed by atoms with van der Waals surface area (Å²) in [7, 11) is 1.82. The Morgan fingerprint density at radius 1 is 1.35 bits per heavy atom. The lowest BCUT2D eigenvalue weighted by atomic mass is 10.2. The SMILES string of the molecule is Cc1cccc(NC(=O)c2cnn(C)c2C)c1. The van der Waals surface area contributed by atoms with Crippen LogP contribution in [0, 0.1) is 13.8 Å². The van der Waals surface area contributed by atoms with Gasteiger partial charge in [-0.1, -0.05) is 12.1 Å². The molecule has 0 spiro atoms. The van der Waals surface area contributed by atoms with Crippen LogP contribution < -0.4 is 5.32 Å². The highest BCUT2D eigenvalue weighted by molar-refractivity contribution is 6.04. The quantitative estimate of drug-likeness (QED) is 0.858. The van der Waals surface area contributed by atoms with Crippen LogP contribution in [0.4, 0.5) is 5.69 Å². The van der Waals surface area contributed by atoms with Crippen LogP contribution in [0.2, 0.25) is 0 Å². The first-order valence-corrected chi connectivity index (χ1v) is 5.44. The molecule has 17 heavy (non-hydrogen) atoms. The van der Waals surface area contributed by atoms with Gasteiger partial charge in [-0.3, -0.25) is 9.48 Å². The smallest absolute Gasteiger partial charge is 0.259 e. The Morgan fingerprint density at radius 3 is 2.71 bits per heavy atom. The average Bonchev–Trinajstić information content (AvgIpc) is 2.60. The summed E-state index contributed by atoms with van der Waals surface area (Å²) < 4.78 is 1.69. The Hall–Kier alpha value is -2.10. The van der Waals surface area contributed by atoms with Crippen LogP contribution in [0.5, 0.6) is 0 Å². The molecule has 1 heterocycles. The molecule has 0 bridgehead atoms. The summed E-state index contributed by atoms with van der Waals surface area (Å²) in [6, 6.07) is 7.71. The zero-order chi connectivity index (χ0) is 12.4. The number of benzene rings is 1. The van der Waals surface area contributed by atoms with Crippen LogP contribution >= 0.6 is 0 Å². The number of nitrogens with zero attached hydrogens (tertiary/aromatic N) is 2. The lowest BCUT2D eigenvalue weighted by Crippen LogP contribution is -2.12. The Balaban J connectivity index is 2.20. The van der Waals surface area contributed by atoms with E-state index < -0.39 is 0 Å². The second kappa shape index (κ2) is 4.41. The molecule has 0 aliphatic carbocycles. The molecule has 0 unspecified atom stereocenters. The van der Waals surface area contributed by atoms with Crippen molar-refractivity contribution in [1.29, 1.82) is 0 Å². The fourth-order valence-corrected chi connectivity index (χ4v) is 1.64. The van der Waals surface area contributed by atoms with Crippen molar-refractivity contribution in [2.45, 2.75) is 13.8 Å². The summed E-state index contributed by atoms with van der Waals surface area (Å²) in [6.07, 6.45) is 1.58. The van der Waals surface area contributed by atoms with E-state index in [1.54, 1.807) is 10.9 Å². The number of nitrogens with one attached hydrogen (secondary N) is 1. The van der Waals surface area contributed by atoms with Crippen molar-refractivity contribution in [3.63, 3.8) is 0 Å². The number of carbonyl (C=O) groups is 1. The first kappa shape index (κ1) is 11.4. The summed E-state index contributed by atoms with van der Waals surface area (Å²) in [4.78, 5) is 12.0. The van der Waals surface area contributed by atoms with E-state index in [9.17, 15) is 4.79 Å². The van der Waals surface area contributed by atoms with Gasteiger partial charge in [0.2, 0.25) is 0 Å². The van der Waals surface area contributed by atoms with Gasteiger partial charge in [0, 0.05) is 18.4 Å². The van der Waals surface area contributed by atoms with Gasteiger partial charge in [-0.15, -0.1) is 0 Å². The van der Waals surface area contributed by atoms with E-state index in [0.29, 0.717) is 5.56 Å². The highest BCUT2D eigenvalue weighted by Gasteiger charge is 2.12. The number of amides is 1. The van der Waals surface area contributed by atoms with Crippen LogP contribution in [-0.2, 0) is 7.05 Å². The first-order valence-electron chi connectivity index (χ1n) is 5.44. The van der Waals surface area contributed by atoms with E-state index in [1.807, 2.05) is 45.2 Å². The molecule has 0 radical (unpaired) electrons. The summed E-state index contributed by atoms with van der Waals surface area (Å²) in [5.41, 5.74) is 3.38. The van der Waals surface area contributed by atoms with Gasteiger partial charge in [0.1, 0.15) is 0 Å². The molecule has 2 rings (SSSR count). The molecule has 0 saturated carbocycles. The normalized spacial score (nSPS) is 10.3. The van der Waals surface area contributed by atoms with Crippen molar-refractivity contribution in [2.75, 3.05) is 5.32 Å². The second-order valence-electron chi connectivity index (χ2n) is 4.09. The summed E-state index contributed by atoms with van der Waals surface area (Å²) in [5.74, 6) is -0.124. The predicted octanol–water partition coefficient (Wildman–Crippen LogP) is 2.29. The Labute approximate surface area is 100 Å². The minimum Gasteiger partial charge on any atom is -0.322 e. The Morgan fingerprint density at radius 2 is 2.12 bits per heavy atom. The molecule has 0 aliphatic rings. The molecular formula is C13H15N3O. The van der Waals surface area contributed by atoms with Crippen molar-refractivity contribution in [2.24, 2.45) is 7.05 Å².